The van der Waals surface area contributed by atoms with Gasteiger partial charge in [0.1, 0.15) is 0 Å². The van der Waals surface area contributed by atoms with Crippen LogP contribution in [0, 0.1) is 39.8 Å². The molecule has 0 fully saturated rings. The zero-order valence-corrected chi connectivity index (χ0v) is 34.8. The summed E-state index contributed by atoms with van der Waals surface area (Å²) in [5.41, 5.74) is 17.6. The van der Waals surface area contributed by atoms with E-state index in [1.807, 2.05) is 54.9 Å². The third-order valence-corrected chi connectivity index (χ3v) is 12.1. The van der Waals surface area contributed by atoms with Gasteiger partial charge in [0.2, 0.25) is 0 Å². The number of aromatic nitrogens is 5. The first-order valence-corrected chi connectivity index (χ1v) is 19.9. The maximum atomic E-state index is 6.74. The van der Waals surface area contributed by atoms with Crippen LogP contribution in [-0.2, 0) is 20.4 Å². The van der Waals surface area contributed by atoms with Crippen LogP contribution < -0.4 is 4.74 Å². The fourth-order valence-electron chi connectivity index (χ4n) is 9.60. The summed E-state index contributed by atoms with van der Waals surface area (Å²) in [6.45, 7) is 8.87. The van der Waals surface area contributed by atoms with E-state index in [0.717, 1.165) is 76.7 Å². The molecule has 0 spiro atoms. The minimum absolute atomic E-state index is 0. The topological polar surface area (TPSA) is 56.7 Å². The van der Waals surface area contributed by atoms with Gasteiger partial charge in [0, 0.05) is 34.9 Å². The minimum atomic E-state index is 0. The molecule has 0 aliphatic heterocycles. The van der Waals surface area contributed by atoms with Crippen LogP contribution in [0.3, 0.4) is 0 Å². The van der Waals surface area contributed by atoms with Crippen molar-refractivity contribution >= 4 is 76.7 Å². The number of hydrogen-bond acceptors (Lipinski definition) is 4. The molecular formula is C53H35N5OPd. The van der Waals surface area contributed by atoms with Crippen LogP contribution >= 0.6 is 0 Å². The van der Waals surface area contributed by atoms with Crippen molar-refractivity contribution in [1.29, 1.82) is 0 Å². The van der Waals surface area contributed by atoms with Crippen molar-refractivity contribution in [2.45, 2.75) is 27.7 Å². The average molecular weight is 864 g/mol. The first kappa shape index (κ1) is 36.2. The van der Waals surface area contributed by atoms with Crippen LogP contribution in [0.15, 0.2) is 140 Å². The van der Waals surface area contributed by atoms with Crippen molar-refractivity contribution in [1.82, 2.24) is 23.8 Å². The zero-order chi connectivity index (χ0) is 39.5. The Kier molecular flexibility index (Phi) is 8.19. The van der Waals surface area contributed by atoms with Gasteiger partial charge >= 0.3 is 20.4 Å². The van der Waals surface area contributed by atoms with Crippen LogP contribution in [0.2, 0.25) is 0 Å². The SMILES string of the molecule is Cc1cccc(C)c1-c1ccc2c(c1-c1c(C)cccc1C)c1ccc(Oc3[c-]c4c(cc3)c3cnccc3n3c5ccccc5nc43)[c-]c1c1nc3ccccc3n21.[Pd+2]. The van der Waals surface area contributed by atoms with Crippen LogP contribution in [0.1, 0.15) is 22.3 Å². The van der Waals surface area contributed by atoms with Crippen molar-refractivity contribution in [2.75, 3.05) is 0 Å². The van der Waals surface area contributed by atoms with Gasteiger partial charge in [-0.25, -0.2) is 0 Å². The van der Waals surface area contributed by atoms with E-state index in [9.17, 15) is 0 Å². The van der Waals surface area contributed by atoms with Crippen molar-refractivity contribution in [3.8, 4) is 33.8 Å². The van der Waals surface area contributed by atoms with E-state index >= 15 is 0 Å². The maximum absolute atomic E-state index is 6.74. The van der Waals surface area contributed by atoms with E-state index in [1.165, 1.54) is 44.5 Å². The summed E-state index contributed by atoms with van der Waals surface area (Å²) in [4.78, 5) is 14.8. The van der Waals surface area contributed by atoms with E-state index in [4.69, 9.17) is 14.7 Å². The predicted octanol–water partition coefficient (Wildman–Crippen LogP) is 13.3. The molecule has 12 rings (SSSR count). The molecule has 0 amide bonds. The Labute approximate surface area is 359 Å². The number of pyridine rings is 3. The van der Waals surface area contributed by atoms with Crippen molar-refractivity contribution < 1.29 is 25.2 Å². The largest absolute Gasteiger partial charge is 2.00 e. The molecule has 0 unspecified atom stereocenters. The second kappa shape index (κ2) is 13.6. The molecule has 0 aliphatic carbocycles. The standard InChI is InChI=1S/C53H35N5O.Pd/c1-30-11-9-12-31(2)48(30)38-23-24-47-50(51(38)49-32(3)13-10-14-33(49)4)37-22-20-35(28-40(37)53-56-43-16-6-8-18-46(43)58(47)53)59-34-19-21-36-39(27-34)52-55-42-15-5-7-17-45(42)57(52)44-25-26-54-29-41(36)44;/h5-26,29H,1-4H3;/q-2;+2. The molecule has 60 heavy (non-hydrogen) atoms. The third kappa shape index (κ3) is 5.20. The Morgan fingerprint density at radius 1 is 0.467 bits per heavy atom. The molecular weight excluding hydrogens is 829 g/mol. The molecule has 5 aromatic heterocycles. The number of fused-ring (bicyclic) bond motifs is 16. The molecule has 6 nitrogen and oxygen atoms in total. The Hall–Kier alpha value is -6.91. The average Bonchev–Trinajstić information content (AvgIpc) is 3.84. The molecule has 7 heteroatoms. The van der Waals surface area contributed by atoms with E-state index in [1.54, 1.807) is 0 Å². The summed E-state index contributed by atoms with van der Waals surface area (Å²) in [5.74, 6) is 1.15. The smallest absolute Gasteiger partial charge is 0.497 e. The summed E-state index contributed by atoms with van der Waals surface area (Å²) in [6, 6.07) is 52.0. The summed E-state index contributed by atoms with van der Waals surface area (Å²) >= 11 is 0. The Balaban J connectivity index is 0.00000408. The van der Waals surface area contributed by atoms with Crippen molar-refractivity contribution in [3.63, 3.8) is 0 Å². The number of benzene rings is 7. The van der Waals surface area contributed by atoms with Gasteiger partial charge in [-0.3, -0.25) is 15.0 Å². The van der Waals surface area contributed by atoms with Crippen LogP contribution in [-0.4, -0.2) is 23.8 Å². The van der Waals surface area contributed by atoms with Gasteiger partial charge in [0.25, 0.3) is 0 Å². The predicted molar refractivity (Wildman–Crippen MR) is 241 cm³/mol. The molecule has 0 atom stereocenters. The molecule has 0 aliphatic rings. The van der Waals surface area contributed by atoms with Gasteiger partial charge in [0.15, 0.2) is 0 Å². The van der Waals surface area contributed by atoms with Crippen LogP contribution in [0.5, 0.6) is 11.5 Å². The van der Waals surface area contributed by atoms with E-state index in [2.05, 4.69) is 139 Å². The van der Waals surface area contributed by atoms with Gasteiger partial charge in [-0.1, -0.05) is 113 Å². The van der Waals surface area contributed by atoms with Gasteiger partial charge in [-0.2, -0.15) is 0 Å². The monoisotopic (exact) mass is 863 g/mol. The summed E-state index contributed by atoms with van der Waals surface area (Å²) in [6.07, 6.45) is 3.75. The summed E-state index contributed by atoms with van der Waals surface area (Å²) in [7, 11) is 0. The van der Waals surface area contributed by atoms with Crippen LogP contribution in [0.25, 0.3) is 99.0 Å². The number of imidazole rings is 2. The first-order valence-electron chi connectivity index (χ1n) is 19.9. The molecule has 0 N–H and O–H groups in total. The Morgan fingerprint density at radius 2 is 1.02 bits per heavy atom. The third-order valence-electron chi connectivity index (χ3n) is 12.1. The molecule has 5 heterocycles. The second-order valence-electron chi connectivity index (χ2n) is 15.7. The van der Waals surface area contributed by atoms with Gasteiger partial charge in [0.05, 0.1) is 33.4 Å². The number of para-hydroxylation sites is 4. The number of rotatable bonds is 4. The maximum Gasteiger partial charge on any atom is 2.00 e. The number of aryl methyl sites for hydroxylation is 4. The number of ether oxygens (including phenoxy) is 1. The van der Waals surface area contributed by atoms with Crippen LogP contribution in [0.4, 0.5) is 0 Å². The molecule has 0 saturated heterocycles. The van der Waals surface area contributed by atoms with E-state index in [0.29, 0.717) is 11.5 Å². The van der Waals surface area contributed by atoms with Gasteiger partial charge in [-0.05, 0) is 119 Å². The molecule has 7 aromatic carbocycles. The van der Waals surface area contributed by atoms with E-state index in [-0.39, 0.29) is 20.4 Å². The summed E-state index contributed by atoms with van der Waals surface area (Å²) < 4.78 is 11.2. The normalized spacial score (nSPS) is 11.9. The van der Waals surface area contributed by atoms with Crippen molar-refractivity contribution in [3.05, 3.63) is 174 Å². The molecule has 288 valence electrons. The first-order chi connectivity index (χ1) is 28.9. The molecule has 12 aromatic rings. The Bertz CT molecular complexity index is 3730. The zero-order valence-electron chi connectivity index (χ0n) is 33.2. The van der Waals surface area contributed by atoms with E-state index < -0.39 is 0 Å². The Morgan fingerprint density at radius 3 is 1.65 bits per heavy atom. The van der Waals surface area contributed by atoms with Gasteiger partial charge in [-0.15, -0.1) is 12.1 Å². The fourth-order valence-corrected chi connectivity index (χ4v) is 9.60. The molecule has 0 radical (unpaired) electrons. The minimum Gasteiger partial charge on any atom is -0.497 e. The number of hydrogen-bond donors (Lipinski definition) is 0. The molecule has 0 saturated carbocycles. The number of nitrogens with zero attached hydrogens (tertiary/aromatic N) is 5. The quantitative estimate of drug-likeness (QED) is 0.100. The fraction of sp³-hybridized carbons (Fsp3) is 0.0755. The molecule has 0 bridgehead atoms. The van der Waals surface area contributed by atoms with Crippen molar-refractivity contribution in [2.24, 2.45) is 0 Å². The second-order valence-corrected chi connectivity index (χ2v) is 15.7. The summed E-state index contributed by atoms with van der Waals surface area (Å²) in [5, 5.41) is 6.01. The van der Waals surface area contributed by atoms with Gasteiger partial charge < -0.3 is 13.5 Å².